The van der Waals surface area contributed by atoms with E-state index in [0.717, 1.165) is 36.7 Å². The molecular weight excluding hydrogens is 264 g/mol. The van der Waals surface area contributed by atoms with Gasteiger partial charge in [0.2, 0.25) is 0 Å². The first kappa shape index (κ1) is 15.7. The zero-order chi connectivity index (χ0) is 15.4. The van der Waals surface area contributed by atoms with Gasteiger partial charge in [-0.1, -0.05) is 20.8 Å². The molecule has 2 aromatic rings. The lowest BCUT2D eigenvalue weighted by atomic mass is 10.0. The van der Waals surface area contributed by atoms with Gasteiger partial charge in [0.25, 0.3) is 0 Å². The fourth-order valence-electron chi connectivity index (χ4n) is 2.39. The molecule has 0 spiro atoms. The second-order valence-electron chi connectivity index (χ2n) is 6.09. The zero-order valence-corrected chi connectivity index (χ0v) is 13.7. The molecule has 0 aliphatic carbocycles. The summed E-state index contributed by atoms with van der Waals surface area (Å²) in [6.07, 6.45) is 1.99. The van der Waals surface area contributed by atoms with Crippen LogP contribution in [0.5, 0.6) is 0 Å². The number of hydrogen-bond acceptors (Lipinski definition) is 5. The Labute approximate surface area is 126 Å². The van der Waals surface area contributed by atoms with Gasteiger partial charge in [0.1, 0.15) is 5.82 Å². The summed E-state index contributed by atoms with van der Waals surface area (Å²) in [5.74, 6) is 2.44. The van der Waals surface area contributed by atoms with E-state index in [0.29, 0.717) is 12.0 Å². The molecule has 2 heterocycles. The van der Waals surface area contributed by atoms with E-state index < -0.39 is 0 Å². The Morgan fingerprint density at radius 3 is 2.62 bits per heavy atom. The van der Waals surface area contributed by atoms with Crippen molar-refractivity contribution in [2.45, 2.75) is 39.7 Å². The molecule has 21 heavy (non-hydrogen) atoms. The smallest absolute Gasteiger partial charge is 0.178 e. The van der Waals surface area contributed by atoms with Crippen LogP contribution >= 0.6 is 0 Å². The number of rotatable bonds is 7. The molecule has 0 aromatic carbocycles. The highest BCUT2D eigenvalue weighted by Crippen LogP contribution is 2.12. The van der Waals surface area contributed by atoms with Crippen LogP contribution in [-0.4, -0.2) is 51.4 Å². The van der Waals surface area contributed by atoms with Crippen molar-refractivity contribution in [1.29, 1.82) is 0 Å². The molecule has 1 N–H and O–H groups in total. The standard InChI is InChI=1S/C15H26N6/c1-6-14-17-18-15-8-7-13(19-21(14)15)16-10-12(20(4)5)9-11(2)3/h7-8,11-12H,6,9-10H2,1-5H3,(H,16,19)/t12-/m0/s1. The Morgan fingerprint density at radius 2 is 2.00 bits per heavy atom. The van der Waals surface area contributed by atoms with Gasteiger partial charge in [-0.2, -0.15) is 4.52 Å². The maximum atomic E-state index is 4.58. The molecule has 0 aliphatic rings. The summed E-state index contributed by atoms with van der Waals surface area (Å²) >= 11 is 0. The van der Waals surface area contributed by atoms with Crippen LogP contribution in [0.1, 0.15) is 33.0 Å². The van der Waals surface area contributed by atoms with Crippen LogP contribution in [0, 0.1) is 5.92 Å². The van der Waals surface area contributed by atoms with Gasteiger partial charge in [-0.25, -0.2) is 0 Å². The summed E-state index contributed by atoms with van der Waals surface area (Å²) in [6, 6.07) is 4.41. The summed E-state index contributed by atoms with van der Waals surface area (Å²) in [6.45, 7) is 7.45. The second-order valence-corrected chi connectivity index (χ2v) is 6.09. The minimum absolute atomic E-state index is 0.494. The summed E-state index contributed by atoms with van der Waals surface area (Å²) < 4.78 is 1.81. The number of fused-ring (bicyclic) bond motifs is 1. The topological polar surface area (TPSA) is 58.4 Å². The summed E-state index contributed by atoms with van der Waals surface area (Å²) in [4.78, 5) is 2.27. The van der Waals surface area contributed by atoms with Crippen molar-refractivity contribution in [3.63, 3.8) is 0 Å². The summed E-state index contributed by atoms with van der Waals surface area (Å²) in [7, 11) is 4.25. The van der Waals surface area contributed by atoms with Crippen molar-refractivity contribution >= 4 is 11.5 Å². The number of aromatic nitrogens is 4. The maximum absolute atomic E-state index is 4.58. The molecule has 0 saturated carbocycles. The second kappa shape index (κ2) is 6.85. The Hall–Kier alpha value is -1.69. The predicted molar refractivity (Wildman–Crippen MR) is 85.6 cm³/mol. The third kappa shape index (κ3) is 3.91. The number of nitrogens with one attached hydrogen (secondary N) is 1. The first-order valence-corrected chi connectivity index (χ1v) is 7.63. The molecule has 0 fully saturated rings. The molecular formula is C15H26N6. The fourth-order valence-corrected chi connectivity index (χ4v) is 2.39. The lowest BCUT2D eigenvalue weighted by Gasteiger charge is -2.26. The van der Waals surface area contributed by atoms with Crippen LogP contribution in [0.2, 0.25) is 0 Å². The average molecular weight is 290 g/mol. The van der Waals surface area contributed by atoms with E-state index in [9.17, 15) is 0 Å². The Bertz CT molecular complexity index is 575. The molecule has 0 saturated heterocycles. The molecule has 6 nitrogen and oxygen atoms in total. The van der Waals surface area contributed by atoms with E-state index in [1.54, 1.807) is 0 Å². The zero-order valence-electron chi connectivity index (χ0n) is 13.7. The molecule has 0 aliphatic heterocycles. The molecule has 2 rings (SSSR count). The molecule has 0 radical (unpaired) electrons. The van der Waals surface area contributed by atoms with E-state index in [4.69, 9.17) is 0 Å². The first-order chi connectivity index (χ1) is 10.0. The third-order valence-corrected chi connectivity index (χ3v) is 3.64. The van der Waals surface area contributed by atoms with Gasteiger partial charge in [0.05, 0.1) is 0 Å². The van der Waals surface area contributed by atoms with Crippen molar-refractivity contribution in [1.82, 2.24) is 24.7 Å². The van der Waals surface area contributed by atoms with Gasteiger partial charge in [0, 0.05) is 19.0 Å². The third-order valence-electron chi connectivity index (χ3n) is 3.64. The van der Waals surface area contributed by atoms with Crippen molar-refractivity contribution < 1.29 is 0 Å². The summed E-state index contributed by atoms with van der Waals surface area (Å²) in [5, 5.41) is 16.3. The Kier molecular flexibility index (Phi) is 5.12. The van der Waals surface area contributed by atoms with Gasteiger partial charge >= 0.3 is 0 Å². The summed E-state index contributed by atoms with van der Waals surface area (Å²) in [5.41, 5.74) is 0.795. The van der Waals surface area contributed by atoms with Crippen LogP contribution in [0.4, 0.5) is 5.82 Å². The van der Waals surface area contributed by atoms with E-state index in [1.807, 2.05) is 16.6 Å². The van der Waals surface area contributed by atoms with Crippen LogP contribution in [0.3, 0.4) is 0 Å². The van der Waals surface area contributed by atoms with Gasteiger partial charge < -0.3 is 10.2 Å². The minimum atomic E-state index is 0.494. The van der Waals surface area contributed by atoms with Crippen LogP contribution < -0.4 is 5.32 Å². The highest BCUT2D eigenvalue weighted by Gasteiger charge is 2.13. The van der Waals surface area contributed by atoms with E-state index in [2.05, 4.69) is 60.4 Å². The molecule has 2 aromatic heterocycles. The average Bonchev–Trinajstić information content (AvgIpc) is 2.85. The van der Waals surface area contributed by atoms with Crippen LogP contribution in [0.25, 0.3) is 5.65 Å². The highest BCUT2D eigenvalue weighted by atomic mass is 15.4. The molecule has 116 valence electrons. The minimum Gasteiger partial charge on any atom is -0.367 e. The molecule has 6 heteroatoms. The van der Waals surface area contributed by atoms with Crippen molar-refractivity contribution in [3.05, 3.63) is 18.0 Å². The van der Waals surface area contributed by atoms with E-state index in [1.165, 1.54) is 0 Å². The number of nitrogens with zero attached hydrogens (tertiary/aromatic N) is 5. The molecule has 0 unspecified atom stereocenters. The molecule has 0 bridgehead atoms. The van der Waals surface area contributed by atoms with Gasteiger partial charge in [-0.3, -0.25) is 0 Å². The number of likely N-dealkylation sites (N-methyl/N-ethyl adjacent to an activating group) is 1. The van der Waals surface area contributed by atoms with E-state index in [-0.39, 0.29) is 0 Å². The Morgan fingerprint density at radius 1 is 1.24 bits per heavy atom. The van der Waals surface area contributed by atoms with Gasteiger partial charge in [0.15, 0.2) is 11.5 Å². The molecule has 0 amide bonds. The van der Waals surface area contributed by atoms with Crippen LogP contribution in [-0.2, 0) is 6.42 Å². The van der Waals surface area contributed by atoms with Crippen molar-refractivity contribution in [2.24, 2.45) is 5.92 Å². The van der Waals surface area contributed by atoms with Gasteiger partial charge in [-0.15, -0.1) is 15.3 Å². The maximum Gasteiger partial charge on any atom is 0.178 e. The SMILES string of the molecule is CCc1nnc2ccc(NC[C@H](CC(C)C)N(C)C)nn12. The highest BCUT2D eigenvalue weighted by molar-refractivity contribution is 5.44. The number of anilines is 1. The quantitative estimate of drug-likeness (QED) is 0.846. The number of hydrogen-bond donors (Lipinski definition) is 1. The van der Waals surface area contributed by atoms with E-state index >= 15 is 0 Å². The fraction of sp³-hybridized carbons (Fsp3) is 0.667. The Balaban J connectivity index is 2.08. The molecule has 1 atom stereocenters. The first-order valence-electron chi connectivity index (χ1n) is 7.63. The van der Waals surface area contributed by atoms with Crippen LogP contribution in [0.15, 0.2) is 12.1 Å². The monoisotopic (exact) mass is 290 g/mol. The normalized spacial score (nSPS) is 13.3. The lowest BCUT2D eigenvalue weighted by Crippen LogP contribution is -2.35. The van der Waals surface area contributed by atoms with Crippen molar-refractivity contribution in [2.75, 3.05) is 26.0 Å². The largest absolute Gasteiger partial charge is 0.367 e. The van der Waals surface area contributed by atoms with Gasteiger partial charge in [-0.05, 0) is 38.6 Å². The predicted octanol–water partition coefficient (Wildman–Crippen LogP) is 2.07. The van der Waals surface area contributed by atoms with Crippen molar-refractivity contribution in [3.8, 4) is 0 Å². The lowest BCUT2D eigenvalue weighted by molar-refractivity contribution is 0.265. The number of aryl methyl sites for hydroxylation is 1.